The number of ether oxygens (including phenoxy) is 1. The highest BCUT2D eigenvalue weighted by Crippen LogP contribution is 2.61. The Morgan fingerprint density at radius 3 is 2.78 bits per heavy atom. The number of anilines is 1. The minimum atomic E-state index is -0.583. The maximum absolute atomic E-state index is 12.8. The van der Waals surface area contributed by atoms with E-state index in [1.54, 1.807) is 0 Å². The summed E-state index contributed by atoms with van der Waals surface area (Å²) in [5.41, 5.74) is 4.10. The molecule has 4 saturated heterocycles. The third kappa shape index (κ3) is 2.65. The Balaban J connectivity index is 1.13. The van der Waals surface area contributed by atoms with Crippen LogP contribution in [-0.2, 0) is 15.8 Å². The summed E-state index contributed by atoms with van der Waals surface area (Å²) >= 11 is 0. The van der Waals surface area contributed by atoms with Crippen LogP contribution in [0.3, 0.4) is 0 Å². The molecular formula is C28H32N6O2. The first kappa shape index (κ1) is 21.0. The lowest BCUT2D eigenvalue weighted by Gasteiger charge is -2.49. The van der Waals surface area contributed by atoms with Crippen LogP contribution < -0.4 is 10.2 Å². The van der Waals surface area contributed by atoms with Gasteiger partial charge in [0.05, 0.1) is 30.1 Å². The number of carbonyl (C=O) groups excluding carboxylic acids is 1. The highest BCUT2D eigenvalue weighted by atomic mass is 16.5. The molecule has 6 aliphatic rings. The van der Waals surface area contributed by atoms with Crippen molar-refractivity contribution in [2.24, 2.45) is 5.92 Å². The molecule has 2 bridgehead atoms. The SMILES string of the molecule is Cc1cc(N2CCC(C)(c3ccccc3)C2)cn2nc(C34CC(CO3)C4N3C(=O)NCC34CC4)nc12. The molecule has 2 amide bonds. The van der Waals surface area contributed by atoms with Crippen LogP contribution in [-0.4, -0.2) is 63.4 Å². The smallest absolute Gasteiger partial charge is 0.318 e. The zero-order valence-corrected chi connectivity index (χ0v) is 20.9. The van der Waals surface area contributed by atoms with Crippen LogP contribution in [0.2, 0.25) is 0 Å². The van der Waals surface area contributed by atoms with Crippen molar-refractivity contribution in [3.05, 3.63) is 59.5 Å². The van der Waals surface area contributed by atoms with E-state index in [1.807, 2.05) is 4.52 Å². The molecule has 1 spiro atoms. The molecule has 3 aromatic rings. The molecule has 6 heterocycles. The highest BCUT2D eigenvalue weighted by Gasteiger charge is 2.72. The number of nitrogens with zero attached hydrogens (tertiary/aromatic N) is 5. The topological polar surface area (TPSA) is 75.0 Å². The maximum Gasteiger partial charge on any atom is 0.318 e. The van der Waals surface area contributed by atoms with Gasteiger partial charge < -0.3 is 19.9 Å². The number of amides is 2. The number of carbonyl (C=O) groups is 1. The number of pyridine rings is 1. The van der Waals surface area contributed by atoms with E-state index in [1.165, 1.54) is 11.3 Å². The minimum Gasteiger partial charge on any atom is -0.369 e. The molecule has 4 atom stereocenters. The quantitative estimate of drug-likeness (QED) is 0.615. The fourth-order valence-corrected chi connectivity index (χ4v) is 7.45. The molecule has 2 aromatic heterocycles. The van der Waals surface area contributed by atoms with E-state index < -0.39 is 5.60 Å². The number of rotatable bonds is 4. The standard InChI is InChI=1S/C28H32N6O2/c1-18-12-21(32-11-10-26(2,17-32)20-6-4-3-5-7-20)14-33-23(18)30-24(31-33)28-13-19(15-36-28)22(28)34-25(35)29-16-27(34)8-9-27/h3-7,12,14,19,22H,8-11,13,15-17H2,1-2H3,(H,29,35). The van der Waals surface area contributed by atoms with E-state index in [2.05, 4.69) is 71.6 Å². The molecule has 1 N–H and O–H groups in total. The van der Waals surface area contributed by atoms with E-state index in [0.29, 0.717) is 12.5 Å². The predicted molar refractivity (Wildman–Crippen MR) is 135 cm³/mol. The Kier molecular flexibility index (Phi) is 3.96. The van der Waals surface area contributed by atoms with E-state index >= 15 is 0 Å². The van der Waals surface area contributed by atoms with Crippen LogP contribution in [0.15, 0.2) is 42.6 Å². The van der Waals surface area contributed by atoms with Gasteiger partial charge in [-0.3, -0.25) is 0 Å². The van der Waals surface area contributed by atoms with E-state index in [4.69, 9.17) is 14.8 Å². The Morgan fingerprint density at radius 1 is 1.17 bits per heavy atom. The van der Waals surface area contributed by atoms with Crippen molar-refractivity contribution >= 4 is 17.4 Å². The average molecular weight is 485 g/mol. The molecule has 4 unspecified atom stereocenters. The number of hydrogen-bond acceptors (Lipinski definition) is 5. The van der Waals surface area contributed by atoms with Gasteiger partial charge in [-0.2, -0.15) is 0 Å². The molecule has 8 nitrogen and oxygen atoms in total. The molecule has 36 heavy (non-hydrogen) atoms. The second-order valence-electron chi connectivity index (χ2n) is 12.0. The van der Waals surface area contributed by atoms with Crippen LogP contribution in [0, 0.1) is 12.8 Å². The maximum atomic E-state index is 12.8. The number of aryl methyl sites for hydroxylation is 1. The van der Waals surface area contributed by atoms with Crippen LogP contribution in [0.4, 0.5) is 10.5 Å². The number of urea groups is 1. The number of nitrogens with one attached hydrogen (secondary N) is 1. The van der Waals surface area contributed by atoms with Crippen molar-refractivity contribution in [1.82, 2.24) is 24.8 Å². The van der Waals surface area contributed by atoms with Gasteiger partial charge in [0.1, 0.15) is 0 Å². The predicted octanol–water partition coefficient (Wildman–Crippen LogP) is 3.38. The number of hydrogen-bond donors (Lipinski definition) is 1. The van der Waals surface area contributed by atoms with Gasteiger partial charge >= 0.3 is 6.03 Å². The number of fused-ring (bicyclic) bond motifs is 2. The van der Waals surface area contributed by atoms with Crippen molar-refractivity contribution in [2.75, 3.05) is 31.1 Å². The summed E-state index contributed by atoms with van der Waals surface area (Å²) in [6, 6.07) is 13.2. The second kappa shape index (κ2) is 6.79. The lowest BCUT2D eigenvalue weighted by molar-refractivity contribution is -0.0834. The van der Waals surface area contributed by atoms with Crippen LogP contribution in [0.5, 0.6) is 0 Å². The molecule has 8 heteroatoms. The molecule has 1 aromatic carbocycles. The van der Waals surface area contributed by atoms with Gasteiger partial charge in [0.25, 0.3) is 0 Å². The number of benzene rings is 1. The Hall–Kier alpha value is -3.13. The highest BCUT2D eigenvalue weighted by molar-refractivity contribution is 5.80. The minimum absolute atomic E-state index is 0.0111. The second-order valence-corrected chi connectivity index (χ2v) is 12.0. The summed E-state index contributed by atoms with van der Waals surface area (Å²) < 4.78 is 8.34. The van der Waals surface area contributed by atoms with Crippen molar-refractivity contribution in [3.63, 3.8) is 0 Å². The van der Waals surface area contributed by atoms with Gasteiger partial charge in [-0.05, 0) is 49.8 Å². The summed E-state index contributed by atoms with van der Waals surface area (Å²) in [6.45, 7) is 7.91. The molecule has 186 valence electrons. The summed E-state index contributed by atoms with van der Waals surface area (Å²) in [7, 11) is 0. The first-order chi connectivity index (χ1) is 17.4. The van der Waals surface area contributed by atoms with Gasteiger partial charge in [-0.15, -0.1) is 5.10 Å². The van der Waals surface area contributed by atoms with E-state index in [-0.39, 0.29) is 23.0 Å². The zero-order chi connectivity index (χ0) is 24.3. The van der Waals surface area contributed by atoms with Gasteiger partial charge in [0, 0.05) is 31.0 Å². The fourth-order valence-electron chi connectivity index (χ4n) is 7.45. The molecule has 0 radical (unpaired) electrons. The Labute approximate surface area is 210 Å². The van der Waals surface area contributed by atoms with Crippen LogP contribution >= 0.6 is 0 Å². The zero-order valence-electron chi connectivity index (χ0n) is 20.9. The fraction of sp³-hybridized carbons (Fsp3) is 0.536. The molecule has 2 saturated carbocycles. The van der Waals surface area contributed by atoms with Crippen molar-refractivity contribution in [2.45, 2.75) is 62.1 Å². The summed E-state index contributed by atoms with van der Waals surface area (Å²) in [4.78, 5) is 22.4. The monoisotopic (exact) mass is 484 g/mol. The van der Waals surface area contributed by atoms with Crippen LogP contribution in [0.1, 0.15) is 49.6 Å². The molecule has 9 rings (SSSR count). The average Bonchev–Trinajstić information content (AvgIpc) is 3.35. The van der Waals surface area contributed by atoms with Gasteiger partial charge in [-0.25, -0.2) is 14.3 Å². The molecule has 6 fully saturated rings. The van der Waals surface area contributed by atoms with Gasteiger partial charge in [-0.1, -0.05) is 37.3 Å². The van der Waals surface area contributed by atoms with Crippen molar-refractivity contribution in [3.8, 4) is 0 Å². The largest absolute Gasteiger partial charge is 0.369 e. The summed E-state index contributed by atoms with van der Waals surface area (Å²) in [6.07, 6.45) is 6.28. The van der Waals surface area contributed by atoms with Crippen molar-refractivity contribution < 1.29 is 9.53 Å². The number of aromatic nitrogens is 3. The van der Waals surface area contributed by atoms with E-state index in [9.17, 15) is 4.79 Å². The third-order valence-corrected chi connectivity index (χ3v) is 9.74. The molecular weight excluding hydrogens is 452 g/mol. The normalized spacial score (nSPS) is 34.0. The summed E-state index contributed by atoms with van der Waals surface area (Å²) in [5.74, 6) is 1.10. The third-order valence-electron chi connectivity index (χ3n) is 9.74. The first-order valence-corrected chi connectivity index (χ1v) is 13.3. The lowest BCUT2D eigenvalue weighted by atomic mass is 9.67. The Morgan fingerprint density at radius 2 is 2.00 bits per heavy atom. The molecule has 2 aliphatic carbocycles. The van der Waals surface area contributed by atoms with Gasteiger partial charge in [0.15, 0.2) is 17.1 Å². The summed E-state index contributed by atoms with van der Waals surface area (Å²) in [5, 5.41) is 8.08. The molecule has 4 aliphatic heterocycles. The first-order valence-electron chi connectivity index (χ1n) is 13.3. The Bertz CT molecular complexity index is 1400. The van der Waals surface area contributed by atoms with Crippen LogP contribution in [0.25, 0.3) is 5.65 Å². The lowest BCUT2D eigenvalue weighted by Crippen LogP contribution is -2.63. The van der Waals surface area contributed by atoms with E-state index in [0.717, 1.165) is 62.4 Å². The van der Waals surface area contributed by atoms with Gasteiger partial charge in [0.2, 0.25) is 0 Å². The van der Waals surface area contributed by atoms with Crippen molar-refractivity contribution in [1.29, 1.82) is 0 Å².